The van der Waals surface area contributed by atoms with Crippen molar-refractivity contribution in [2.75, 3.05) is 13.6 Å². The first-order chi connectivity index (χ1) is 11.9. The van der Waals surface area contributed by atoms with Crippen LogP contribution in [0, 0.1) is 11.6 Å². The van der Waals surface area contributed by atoms with E-state index in [4.69, 9.17) is 0 Å². The summed E-state index contributed by atoms with van der Waals surface area (Å²) in [6.07, 6.45) is 0.914. The van der Waals surface area contributed by atoms with Crippen LogP contribution < -0.4 is 5.32 Å². The number of halogens is 2. The lowest BCUT2D eigenvalue weighted by molar-refractivity contribution is -0.132. The minimum Gasteiger partial charge on any atom is -0.347 e. The van der Waals surface area contributed by atoms with Gasteiger partial charge in [-0.05, 0) is 41.8 Å². The van der Waals surface area contributed by atoms with Crippen molar-refractivity contribution in [2.45, 2.75) is 18.9 Å². The zero-order chi connectivity index (χ0) is 18.0. The van der Waals surface area contributed by atoms with E-state index in [-0.39, 0.29) is 23.3 Å². The van der Waals surface area contributed by atoms with Gasteiger partial charge in [-0.25, -0.2) is 8.78 Å². The SMILES string of the molecule is CN1CC(NC(=O)c2ccc(-c3ccc(F)cc3)cc2F)CCC1=O. The van der Waals surface area contributed by atoms with Gasteiger partial charge in [0.1, 0.15) is 11.6 Å². The zero-order valence-corrected chi connectivity index (χ0v) is 13.8. The summed E-state index contributed by atoms with van der Waals surface area (Å²) in [5.41, 5.74) is 1.18. The molecule has 3 rings (SSSR count). The Labute approximate surface area is 144 Å². The highest BCUT2D eigenvalue weighted by molar-refractivity contribution is 5.95. The fraction of sp³-hybridized carbons (Fsp3) is 0.263. The molecular formula is C19H18F2N2O2. The molecule has 0 bridgehead atoms. The maximum absolute atomic E-state index is 14.4. The molecule has 1 unspecified atom stereocenters. The van der Waals surface area contributed by atoms with E-state index in [1.165, 1.54) is 24.3 Å². The van der Waals surface area contributed by atoms with Gasteiger partial charge in [0.25, 0.3) is 5.91 Å². The van der Waals surface area contributed by atoms with Crippen molar-refractivity contribution in [3.05, 3.63) is 59.7 Å². The Morgan fingerprint density at radius 3 is 2.44 bits per heavy atom. The molecule has 0 radical (unpaired) electrons. The predicted octanol–water partition coefficient (Wildman–Crippen LogP) is 2.98. The van der Waals surface area contributed by atoms with E-state index in [0.29, 0.717) is 30.5 Å². The highest BCUT2D eigenvalue weighted by atomic mass is 19.1. The van der Waals surface area contributed by atoms with Crippen LogP contribution in [0.15, 0.2) is 42.5 Å². The Hall–Kier alpha value is -2.76. The average molecular weight is 344 g/mol. The number of carbonyl (C=O) groups excluding carboxylic acids is 2. The number of carbonyl (C=O) groups is 2. The molecule has 2 aromatic rings. The molecule has 1 atom stereocenters. The molecule has 0 aliphatic carbocycles. The van der Waals surface area contributed by atoms with Gasteiger partial charge in [0.05, 0.1) is 5.56 Å². The molecule has 0 saturated carbocycles. The van der Waals surface area contributed by atoms with Crippen LogP contribution in [0.3, 0.4) is 0 Å². The third-order valence-corrected chi connectivity index (χ3v) is 4.35. The van der Waals surface area contributed by atoms with Crippen molar-refractivity contribution in [1.29, 1.82) is 0 Å². The molecule has 1 fully saturated rings. The second-order valence-corrected chi connectivity index (χ2v) is 6.18. The van der Waals surface area contributed by atoms with Gasteiger partial charge >= 0.3 is 0 Å². The summed E-state index contributed by atoms with van der Waals surface area (Å²) < 4.78 is 27.3. The first kappa shape index (κ1) is 17.1. The molecule has 1 aliphatic rings. The fourth-order valence-corrected chi connectivity index (χ4v) is 2.91. The maximum Gasteiger partial charge on any atom is 0.254 e. The van der Waals surface area contributed by atoms with E-state index >= 15 is 0 Å². The first-order valence-electron chi connectivity index (χ1n) is 8.04. The van der Waals surface area contributed by atoms with Gasteiger partial charge in [0.15, 0.2) is 0 Å². The van der Waals surface area contributed by atoms with Crippen molar-refractivity contribution in [3.63, 3.8) is 0 Å². The van der Waals surface area contributed by atoms with Crippen LogP contribution in [-0.4, -0.2) is 36.3 Å². The maximum atomic E-state index is 14.4. The van der Waals surface area contributed by atoms with Gasteiger partial charge in [-0.3, -0.25) is 9.59 Å². The lowest BCUT2D eigenvalue weighted by atomic mass is 10.0. The van der Waals surface area contributed by atoms with Crippen LogP contribution in [0.1, 0.15) is 23.2 Å². The molecule has 130 valence electrons. The Kier molecular flexibility index (Phi) is 4.79. The lowest BCUT2D eigenvalue weighted by Crippen LogP contribution is -2.48. The second-order valence-electron chi connectivity index (χ2n) is 6.18. The summed E-state index contributed by atoms with van der Waals surface area (Å²) in [4.78, 5) is 25.3. The van der Waals surface area contributed by atoms with Gasteiger partial charge in [-0.2, -0.15) is 0 Å². The standard InChI is InChI=1S/C19H18F2N2O2/c1-23-11-15(7-9-18(23)24)22-19(25)16-8-4-13(10-17(16)21)12-2-5-14(20)6-3-12/h2-6,8,10,15H,7,9,11H2,1H3,(H,22,25). The fourth-order valence-electron chi connectivity index (χ4n) is 2.91. The molecule has 25 heavy (non-hydrogen) atoms. The molecule has 2 aromatic carbocycles. The molecule has 1 N–H and O–H groups in total. The molecule has 1 saturated heterocycles. The third kappa shape index (κ3) is 3.84. The minimum atomic E-state index is -0.639. The minimum absolute atomic E-state index is 0.0420. The Balaban J connectivity index is 1.73. The van der Waals surface area contributed by atoms with Crippen molar-refractivity contribution >= 4 is 11.8 Å². The third-order valence-electron chi connectivity index (χ3n) is 4.35. The number of hydrogen-bond donors (Lipinski definition) is 1. The van der Waals surface area contributed by atoms with Crippen LogP contribution in [-0.2, 0) is 4.79 Å². The smallest absolute Gasteiger partial charge is 0.254 e. The number of hydrogen-bond acceptors (Lipinski definition) is 2. The van der Waals surface area contributed by atoms with Crippen LogP contribution in [0.4, 0.5) is 8.78 Å². The van der Waals surface area contributed by atoms with Crippen molar-refractivity contribution < 1.29 is 18.4 Å². The summed E-state index contributed by atoms with van der Waals surface area (Å²) >= 11 is 0. The molecule has 6 heteroatoms. The molecule has 0 spiro atoms. The highest BCUT2D eigenvalue weighted by Gasteiger charge is 2.25. The van der Waals surface area contributed by atoms with Gasteiger partial charge < -0.3 is 10.2 Å². The number of piperidine rings is 1. The van der Waals surface area contributed by atoms with E-state index < -0.39 is 11.7 Å². The average Bonchev–Trinajstić information content (AvgIpc) is 2.58. The number of likely N-dealkylation sites (tertiary alicyclic amines) is 1. The molecule has 1 heterocycles. The van der Waals surface area contributed by atoms with Crippen LogP contribution in [0.25, 0.3) is 11.1 Å². The Morgan fingerprint density at radius 2 is 1.80 bits per heavy atom. The first-order valence-corrected chi connectivity index (χ1v) is 8.04. The number of nitrogens with zero attached hydrogens (tertiary/aromatic N) is 1. The van der Waals surface area contributed by atoms with E-state index in [1.807, 2.05) is 0 Å². The normalized spacial score (nSPS) is 17.5. The summed E-state index contributed by atoms with van der Waals surface area (Å²) in [7, 11) is 1.68. The zero-order valence-electron chi connectivity index (χ0n) is 13.8. The summed E-state index contributed by atoms with van der Waals surface area (Å²) in [6, 6.07) is 9.83. The molecule has 1 aliphatic heterocycles. The van der Waals surface area contributed by atoms with Crippen LogP contribution in [0.5, 0.6) is 0 Å². The van der Waals surface area contributed by atoms with E-state index in [1.54, 1.807) is 30.1 Å². The van der Waals surface area contributed by atoms with Gasteiger partial charge in [0, 0.05) is 26.1 Å². The Morgan fingerprint density at radius 1 is 1.12 bits per heavy atom. The quantitative estimate of drug-likeness (QED) is 0.931. The van der Waals surface area contributed by atoms with Gasteiger partial charge in [0.2, 0.25) is 5.91 Å². The van der Waals surface area contributed by atoms with Crippen molar-refractivity contribution in [2.24, 2.45) is 0 Å². The predicted molar refractivity (Wildman–Crippen MR) is 89.9 cm³/mol. The summed E-state index contributed by atoms with van der Waals surface area (Å²) in [5, 5.41) is 2.77. The summed E-state index contributed by atoms with van der Waals surface area (Å²) in [5.74, 6) is -1.47. The van der Waals surface area contributed by atoms with Crippen molar-refractivity contribution in [1.82, 2.24) is 10.2 Å². The molecule has 2 amide bonds. The Bertz CT molecular complexity index is 806. The lowest BCUT2D eigenvalue weighted by Gasteiger charge is -2.30. The van der Waals surface area contributed by atoms with E-state index in [9.17, 15) is 18.4 Å². The largest absolute Gasteiger partial charge is 0.347 e. The molecule has 4 nitrogen and oxygen atoms in total. The molecule has 0 aromatic heterocycles. The van der Waals surface area contributed by atoms with Gasteiger partial charge in [-0.15, -0.1) is 0 Å². The number of benzene rings is 2. The second kappa shape index (κ2) is 7.01. The van der Waals surface area contributed by atoms with Crippen LogP contribution >= 0.6 is 0 Å². The number of rotatable bonds is 3. The van der Waals surface area contributed by atoms with Gasteiger partial charge in [-0.1, -0.05) is 18.2 Å². The topological polar surface area (TPSA) is 49.4 Å². The molecular weight excluding hydrogens is 326 g/mol. The van der Waals surface area contributed by atoms with Crippen LogP contribution in [0.2, 0.25) is 0 Å². The van der Waals surface area contributed by atoms with E-state index in [0.717, 1.165) is 0 Å². The summed E-state index contributed by atoms with van der Waals surface area (Å²) in [6.45, 7) is 0.417. The monoisotopic (exact) mass is 344 g/mol. The number of likely N-dealkylation sites (N-methyl/N-ethyl adjacent to an activating group) is 1. The van der Waals surface area contributed by atoms with E-state index in [2.05, 4.69) is 5.32 Å². The highest BCUT2D eigenvalue weighted by Crippen LogP contribution is 2.22. The number of nitrogens with one attached hydrogen (secondary N) is 1. The number of amides is 2. The van der Waals surface area contributed by atoms with Crippen molar-refractivity contribution in [3.8, 4) is 11.1 Å².